The van der Waals surface area contributed by atoms with Gasteiger partial charge >= 0.3 is 0 Å². The molecule has 1 aromatic carbocycles. The first-order valence-corrected chi connectivity index (χ1v) is 5.94. The summed E-state index contributed by atoms with van der Waals surface area (Å²) in [5.74, 6) is 1.50. The molecule has 0 bridgehead atoms. The first-order valence-electron chi connectivity index (χ1n) is 5.94. The third-order valence-electron chi connectivity index (χ3n) is 2.90. The van der Waals surface area contributed by atoms with Gasteiger partial charge in [-0.3, -0.25) is 0 Å². The Hall–Kier alpha value is -1.48. The third-order valence-corrected chi connectivity index (χ3v) is 2.90. The third kappa shape index (κ3) is 3.01. The van der Waals surface area contributed by atoms with Gasteiger partial charge in [-0.25, -0.2) is 0 Å². The van der Waals surface area contributed by atoms with Crippen molar-refractivity contribution in [2.24, 2.45) is 0 Å². The molecule has 1 unspecified atom stereocenters. The Kier molecular flexibility index (Phi) is 4.04. The van der Waals surface area contributed by atoms with E-state index in [9.17, 15) is 5.11 Å². The number of hydrogen-bond donors (Lipinski definition) is 1. The second-order valence-electron chi connectivity index (χ2n) is 4.13. The van der Waals surface area contributed by atoms with Gasteiger partial charge in [0.05, 0.1) is 13.7 Å². The van der Waals surface area contributed by atoms with Gasteiger partial charge in [-0.05, 0) is 30.5 Å². The van der Waals surface area contributed by atoms with Crippen LogP contribution in [0.3, 0.4) is 0 Å². The van der Waals surface area contributed by atoms with Crippen LogP contribution in [0.4, 0.5) is 0 Å². The normalized spacial score (nSPS) is 16.9. The van der Waals surface area contributed by atoms with Crippen LogP contribution in [0.1, 0.15) is 18.4 Å². The Labute approximate surface area is 102 Å². The van der Waals surface area contributed by atoms with Crippen LogP contribution in [0.2, 0.25) is 0 Å². The van der Waals surface area contributed by atoms with Crippen molar-refractivity contribution >= 4 is 0 Å². The van der Waals surface area contributed by atoms with Gasteiger partial charge in [0.15, 0.2) is 0 Å². The molecule has 0 saturated carbocycles. The molecule has 0 aromatic heterocycles. The average molecular weight is 234 g/mol. The Morgan fingerprint density at radius 1 is 1.41 bits per heavy atom. The highest BCUT2D eigenvalue weighted by molar-refractivity contribution is 5.34. The summed E-state index contributed by atoms with van der Waals surface area (Å²) in [5.41, 5.74) is 0.998. The standard InChI is InChI=1S/C14H18O3/c1-16-13-7-3-2-6-11(13)10-12(15)14-8-4-5-9-17-14/h2-3,6-8,12,15H,4-5,9-10H2,1H3. The van der Waals surface area contributed by atoms with Crippen LogP contribution < -0.4 is 4.74 Å². The summed E-state index contributed by atoms with van der Waals surface area (Å²) in [5, 5.41) is 10.1. The van der Waals surface area contributed by atoms with E-state index >= 15 is 0 Å². The van der Waals surface area contributed by atoms with Crippen LogP contribution in [0.25, 0.3) is 0 Å². The molecule has 0 spiro atoms. The molecule has 1 atom stereocenters. The van der Waals surface area contributed by atoms with Crippen LogP contribution in [0.5, 0.6) is 5.75 Å². The number of rotatable bonds is 4. The van der Waals surface area contributed by atoms with Crippen molar-refractivity contribution in [2.45, 2.75) is 25.4 Å². The van der Waals surface area contributed by atoms with Crippen molar-refractivity contribution in [1.82, 2.24) is 0 Å². The number of benzene rings is 1. The van der Waals surface area contributed by atoms with Crippen molar-refractivity contribution in [3.05, 3.63) is 41.7 Å². The Balaban J connectivity index is 2.06. The molecule has 2 rings (SSSR count). The topological polar surface area (TPSA) is 38.7 Å². The predicted octanol–water partition coefficient (Wildman–Crippen LogP) is 2.29. The molecule has 0 amide bonds. The van der Waals surface area contributed by atoms with E-state index in [0.29, 0.717) is 18.8 Å². The van der Waals surface area contributed by atoms with Gasteiger partial charge < -0.3 is 14.6 Å². The largest absolute Gasteiger partial charge is 0.496 e. The summed E-state index contributed by atoms with van der Waals surface area (Å²) in [6.07, 6.45) is 3.94. The molecule has 0 fully saturated rings. The van der Waals surface area contributed by atoms with E-state index in [1.165, 1.54) is 0 Å². The summed E-state index contributed by atoms with van der Waals surface area (Å²) in [7, 11) is 1.64. The zero-order valence-electron chi connectivity index (χ0n) is 10.1. The van der Waals surface area contributed by atoms with Gasteiger partial charge in [0.1, 0.15) is 17.6 Å². The molecule has 1 aliphatic rings. The maximum atomic E-state index is 10.1. The zero-order chi connectivity index (χ0) is 12.1. The van der Waals surface area contributed by atoms with Crippen molar-refractivity contribution in [3.8, 4) is 5.75 Å². The average Bonchev–Trinajstić information content (AvgIpc) is 2.40. The van der Waals surface area contributed by atoms with Crippen molar-refractivity contribution in [2.75, 3.05) is 13.7 Å². The van der Waals surface area contributed by atoms with Crippen molar-refractivity contribution < 1.29 is 14.6 Å². The molecule has 1 heterocycles. The molecule has 17 heavy (non-hydrogen) atoms. The second kappa shape index (κ2) is 5.73. The molecule has 3 heteroatoms. The second-order valence-corrected chi connectivity index (χ2v) is 4.13. The fourth-order valence-corrected chi connectivity index (χ4v) is 1.99. The number of aliphatic hydroxyl groups excluding tert-OH is 1. The lowest BCUT2D eigenvalue weighted by Crippen LogP contribution is -2.19. The van der Waals surface area contributed by atoms with E-state index in [1.54, 1.807) is 7.11 Å². The fourth-order valence-electron chi connectivity index (χ4n) is 1.99. The first kappa shape index (κ1) is 12.0. The van der Waals surface area contributed by atoms with E-state index in [1.807, 2.05) is 30.3 Å². The first-order chi connectivity index (χ1) is 8.31. The van der Waals surface area contributed by atoms with Gasteiger partial charge in [0.25, 0.3) is 0 Å². The molecule has 1 aliphatic heterocycles. The molecule has 0 aliphatic carbocycles. The summed E-state index contributed by atoms with van der Waals surface area (Å²) in [6.45, 7) is 0.703. The summed E-state index contributed by atoms with van der Waals surface area (Å²) in [6, 6.07) is 7.73. The smallest absolute Gasteiger partial charge is 0.122 e. The lowest BCUT2D eigenvalue weighted by atomic mass is 10.0. The van der Waals surface area contributed by atoms with Crippen LogP contribution in [-0.4, -0.2) is 24.9 Å². The summed E-state index contributed by atoms with van der Waals surface area (Å²) in [4.78, 5) is 0. The van der Waals surface area contributed by atoms with Gasteiger partial charge in [-0.15, -0.1) is 0 Å². The Bertz CT molecular complexity index is 398. The monoisotopic (exact) mass is 234 g/mol. The lowest BCUT2D eigenvalue weighted by Gasteiger charge is -2.20. The molecule has 3 nitrogen and oxygen atoms in total. The van der Waals surface area contributed by atoms with Gasteiger partial charge in [-0.1, -0.05) is 18.2 Å². The van der Waals surface area contributed by atoms with Crippen LogP contribution in [0, 0.1) is 0 Å². The van der Waals surface area contributed by atoms with E-state index in [-0.39, 0.29) is 0 Å². The minimum absolute atomic E-state index is 0.524. The molecular weight excluding hydrogens is 216 g/mol. The highest BCUT2D eigenvalue weighted by Gasteiger charge is 2.17. The summed E-state index contributed by atoms with van der Waals surface area (Å²) < 4.78 is 10.7. The van der Waals surface area contributed by atoms with Crippen molar-refractivity contribution in [3.63, 3.8) is 0 Å². The molecule has 1 aromatic rings. The number of methoxy groups -OCH3 is 1. The zero-order valence-corrected chi connectivity index (χ0v) is 10.1. The lowest BCUT2D eigenvalue weighted by molar-refractivity contribution is 0.0914. The number of para-hydroxylation sites is 1. The molecule has 0 saturated heterocycles. The molecular formula is C14H18O3. The number of hydrogen-bond acceptors (Lipinski definition) is 3. The highest BCUT2D eigenvalue weighted by Crippen LogP contribution is 2.22. The summed E-state index contributed by atoms with van der Waals surface area (Å²) >= 11 is 0. The maximum absolute atomic E-state index is 10.1. The fraction of sp³-hybridized carbons (Fsp3) is 0.429. The van der Waals surface area contributed by atoms with Crippen LogP contribution in [0.15, 0.2) is 36.1 Å². The molecule has 92 valence electrons. The van der Waals surface area contributed by atoms with E-state index in [4.69, 9.17) is 9.47 Å². The number of ether oxygens (including phenoxy) is 2. The van der Waals surface area contributed by atoms with Crippen molar-refractivity contribution in [1.29, 1.82) is 0 Å². The maximum Gasteiger partial charge on any atom is 0.122 e. The SMILES string of the molecule is COc1ccccc1CC(O)C1=CCCCO1. The number of aliphatic hydroxyl groups is 1. The van der Waals surface area contributed by atoms with Crippen LogP contribution >= 0.6 is 0 Å². The van der Waals surface area contributed by atoms with Gasteiger partial charge in [-0.2, -0.15) is 0 Å². The predicted molar refractivity (Wildman–Crippen MR) is 66.0 cm³/mol. The quantitative estimate of drug-likeness (QED) is 0.868. The minimum atomic E-state index is -0.577. The highest BCUT2D eigenvalue weighted by atomic mass is 16.5. The van der Waals surface area contributed by atoms with E-state index < -0.39 is 6.10 Å². The number of allylic oxidation sites excluding steroid dienone is 1. The van der Waals surface area contributed by atoms with E-state index in [0.717, 1.165) is 24.2 Å². The minimum Gasteiger partial charge on any atom is -0.496 e. The Morgan fingerprint density at radius 3 is 2.94 bits per heavy atom. The Morgan fingerprint density at radius 2 is 2.24 bits per heavy atom. The van der Waals surface area contributed by atoms with E-state index in [2.05, 4.69) is 0 Å². The van der Waals surface area contributed by atoms with Gasteiger partial charge in [0, 0.05) is 6.42 Å². The molecule has 1 N–H and O–H groups in total. The van der Waals surface area contributed by atoms with Crippen LogP contribution in [-0.2, 0) is 11.2 Å². The van der Waals surface area contributed by atoms with Gasteiger partial charge in [0.2, 0.25) is 0 Å². The molecule has 0 radical (unpaired) electrons.